The van der Waals surface area contributed by atoms with E-state index in [9.17, 15) is 4.79 Å². The fourth-order valence-corrected chi connectivity index (χ4v) is 2.33. The number of hydrogen-bond donors (Lipinski definition) is 1. The topological polar surface area (TPSA) is 78.5 Å². The van der Waals surface area contributed by atoms with Crippen molar-refractivity contribution in [1.82, 2.24) is 15.1 Å². The number of nitrogens with one attached hydrogen (secondary N) is 1. The van der Waals surface area contributed by atoms with Crippen molar-refractivity contribution in [3.05, 3.63) is 54.4 Å². The fourth-order valence-electron chi connectivity index (χ4n) is 2.33. The Labute approximate surface area is 145 Å². The molecule has 0 fully saturated rings. The highest BCUT2D eigenvalue weighted by Gasteiger charge is 2.14. The molecule has 0 atom stereocenters. The van der Waals surface area contributed by atoms with Crippen molar-refractivity contribution in [2.24, 2.45) is 7.05 Å². The maximum atomic E-state index is 12.2. The molecular weight excluding hydrogens is 322 g/mol. The molecule has 3 aromatic rings. The highest BCUT2D eigenvalue weighted by Crippen LogP contribution is 2.20. The number of hydrogen-bond acceptors (Lipinski definition) is 5. The van der Waals surface area contributed by atoms with Gasteiger partial charge in [0.2, 0.25) is 0 Å². The minimum Gasteiger partial charge on any atom is -0.497 e. The van der Waals surface area contributed by atoms with E-state index in [1.165, 1.54) is 0 Å². The Morgan fingerprint density at radius 2 is 2.00 bits per heavy atom. The van der Waals surface area contributed by atoms with E-state index < -0.39 is 0 Å². The standard InChI is InChI=1S/C18H19N3O4/c1-21-16(17-4-3-10-25-17)12-15(20-21)18(22)19-9-11-24-14-7-5-13(23-2)6-8-14/h3-8,10,12H,9,11H2,1-2H3,(H,19,22). The molecule has 0 aliphatic carbocycles. The third kappa shape index (κ3) is 4.00. The molecule has 25 heavy (non-hydrogen) atoms. The molecule has 1 N–H and O–H groups in total. The van der Waals surface area contributed by atoms with Gasteiger partial charge in [0.25, 0.3) is 5.91 Å². The zero-order chi connectivity index (χ0) is 17.6. The number of rotatable bonds is 7. The Hall–Kier alpha value is -3.22. The van der Waals surface area contributed by atoms with Crippen molar-refractivity contribution < 1.29 is 18.7 Å². The summed E-state index contributed by atoms with van der Waals surface area (Å²) in [6.07, 6.45) is 1.58. The average Bonchev–Trinajstić information content (AvgIpc) is 3.28. The van der Waals surface area contributed by atoms with Crippen molar-refractivity contribution in [2.45, 2.75) is 0 Å². The van der Waals surface area contributed by atoms with Gasteiger partial charge in [0.15, 0.2) is 11.5 Å². The summed E-state index contributed by atoms with van der Waals surface area (Å²) in [6.45, 7) is 0.730. The lowest BCUT2D eigenvalue weighted by molar-refractivity contribution is 0.0941. The van der Waals surface area contributed by atoms with Crippen LogP contribution in [0.15, 0.2) is 53.1 Å². The van der Waals surface area contributed by atoms with Crippen LogP contribution in [0.3, 0.4) is 0 Å². The number of nitrogens with zero attached hydrogens (tertiary/aromatic N) is 2. The van der Waals surface area contributed by atoms with E-state index in [0.717, 1.165) is 11.4 Å². The zero-order valence-corrected chi connectivity index (χ0v) is 14.1. The van der Waals surface area contributed by atoms with Gasteiger partial charge in [0.05, 0.1) is 19.9 Å². The second-order valence-electron chi connectivity index (χ2n) is 5.30. The molecule has 0 saturated carbocycles. The lowest BCUT2D eigenvalue weighted by Crippen LogP contribution is -2.28. The molecule has 0 aliphatic rings. The van der Waals surface area contributed by atoms with Crippen LogP contribution in [-0.4, -0.2) is 35.9 Å². The van der Waals surface area contributed by atoms with Gasteiger partial charge < -0.3 is 19.2 Å². The molecule has 1 aromatic carbocycles. The van der Waals surface area contributed by atoms with Crippen LogP contribution in [0, 0.1) is 0 Å². The number of aromatic nitrogens is 2. The molecule has 1 amide bonds. The first-order valence-electron chi connectivity index (χ1n) is 7.80. The van der Waals surface area contributed by atoms with Crippen molar-refractivity contribution >= 4 is 5.91 Å². The maximum Gasteiger partial charge on any atom is 0.271 e. The van der Waals surface area contributed by atoms with Crippen molar-refractivity contribution in [3.63, 3.8) is 0 Å². The Morgan fingerprint density at radius 1 is 1.24 bits per heavy atom. The predicted molar refractivity (Wildman–Crippen MR) is 91.7 cm³/mol. The lowest BCUT2D eigenvalue weighted by atomic mass is 10.3. The number of furan rings is 1. The van der Waals surface area contributed by atoms with Crippen LogP contribution in [0.25, 0.3) is 11.5 Å². The first-order valence-corrected chi connectivity index (χ1v) is 7.80. The molecule has 0 bridgehead atoms. The number of amides is 1. The summed E-state index contributed by atoms with van der Waals surface area (Å²) in [4.78, 5) is 12.2. The summed E-state index contributed by atoms with van der Waals surface area (Å²) < 4.78 is 17.6. The molecule has 0 radical (unpaired) electrons. The van der Waals surface area contributed by atoms with Gasteiger partial charge in [0.1, 0.15) is 23.8 Å². The second kappa shape index (κ2) is 7.57. The molecule has 2 aromatic heterocycles. The first kappa shape index (κ1) is 16.6. The van der Waals surface area contributed by atoms with Crippen LogP contribution in [0.4, 0.5) is 0 Å². The molecule has 0 saturated heterocycles. The average molecular weight is 341 g/mol. The molecule has 2 heterocycles. The minimum atomic E-state index is -0.258. The van der Waals surface area contributed by atoms with E-state index in [1.54, 1.807) is 37.2 Å². The summed E-state index contributed by atoms with van der Waals surface area (Å²) in [5.41, 5.74) is 1.07. The fraction of sp³-hybridized carbons (Fsp3) is 0.222. The van der Waals surface area contributed by atoms with Crippen molar-refractivity contribution in [2.75, 3.05) is 20.3 Å². The monoisotopic (exact) mass is 341 g/mol. The van der Waals surface area contributed by atoms with Gasteiger partial charge in [-0.25, -0.2) is 0 Å². The van der Waals surface area contributed by atoms with E-state index >= 15 is 0 Å². The van der Waals surface area contributed by atoms with Crippen LogP contribution in [0.2, 0.25) is 0 Å². The van der Waals surface area contributed by atoms with Crippen LogP contribution in [-0.2, 0) is 7.05 Å². The predicted octanol–water partition coefficient (Wildman–Crippen LogP) is 2.50. The molecule has 130 valence electrons. The zero-order valence-electron chi connectivity index (χ0n) is 14.1. The number of aryl methyl sites for hydroxylation is 1. The van der Waals surface area contributed by atoms with Gasteiger partial charge in [0, 0.05) is 13.1 Å². The Kier molecular flexibility index (Phi) is 5.03. The third-order valence-electron chi connectivity index (χ3n) is 3.60. The molecule has 7 heteroatoms. The number of methoxy groups -OCH3 is 1. The van der Waals surface area contributed by atoms with Gasteiger partial charge in [-0.1, -0.05) is 0 Å². The van der Waals surface area contributed by atoms with Crippen molar-refractivity contribution in [1.29, 1.82) is 0 Å². The highest BCUT2D eigenvalue weighted by molar-refractivity contribution is 5.93. The van der Waals surface area contributed by atoms with Gasteiger partial charge >= 0.3 is 0 Å². The molecule has 0 aliphatic heterocycles. The van der Waals surface area contributed by atoms with E-state index in [-0.39, 0.29) is 5.91 Å². The van der Waals surface area contributed by atoms with Gasteiger partial charge in [-0.15, -0.1) is 0 Å². The quantitative estimate of drug-likeness (QED) is 0.668. The third-order valence-corrected chi connectivity index (χ3v) is 3.60. The molecule has 7 nitrogen and oxygen atoms in total. The lowest BCUT2D eigenvalue weighted by Gasteiger charge is -2.07. The minimum absolute atomic E-state index is 0.258. The molecule has 0 spiro atoms. The molecular formula is C18H19N3O4. The van der Waals surface area contributed by atoms with Gasteiger partial charge in [-0.2, -0.15) is 5.10 Å². The summed E-state index contributed by atoms with van der Waals surface area (Å²) in [5.74, 6) is 1.89. The maximum absolute atomic E-state index is 12.2. The van der Waals surface area contributed by atoms with Crippen LogP contribution in [0.1, 0.15) is 10.5 Å². The number of carbonyl (C=O) groups is 1. The summed E-state index contributed by atoms with van der Waals surface area (Å²) >= 11 is 0. The SMILES string of the molecule is COc1ccc(OCCNC(=O)c2cc(-c3ccco3)n(C)n2)cc1. The van der Waals surface area contributed by atoms with Crippen LogP contribution >= 0.6 is 0 Å². The van der Waals surface area contributed by atoms with Crippen molar-refractivity contribution in [3.8, 4) is 23.0 Å². The summed E-state index contributed by atoms with van der Waals surface area (Å²) in [7, 11) is 3.38. The van der Waals surface area contributed by atoms with Gasteiger partial charge in [-0.05, 0) is 36.4 Å². The molecule has 0 unspecified atom stereocenters. The van der Waals surface area contributed by atoms with Gasteiger partial charge in [-0.3, -0.25) is 9.48 Å². The Morgan fingerprint density at radius 3 is 2.68 bits per heavy atom. The van der Waals surface area contributed by atoms with E-state index in [2.05, 4.69) is 10.4 Å². The Balaban J connectivity index is 1.50. The second-order valence-corrected chi connectivity index (χ2v) is 5.30. The number of carbonyl (C=O) groups excluding carboxylic acids is 1. The van der Waals surface area contributed by atoms with E-state index in [0.29, 0.717) is 30.4 Å². The smallest absolute Gasteiger partial charge is 0.271 e. The molecule has 3 rings (SSSR count). The summed E-state index contributed by atoms with van der Waals surface area (Å²) in [5, 5.41) is 6.99. The Bertz CT molecular complexity index is 823. The van der Waals surface area contributed by atoms with Crippen LogP contribution < -0.4 is 14.8 Å². The van der Waals surface area contributed by atoms with E-state index in [1.807, 2.05) is 30.3 Å². The number of ether oxygens (including phenoxy) is 2. The van der Waals surface area contributed by atoms with E-state index in [4.69, 9.17) is 13.9 Å². The summed E-state index contributed by atoms with van der Waals surface area (Å²) in [6, 6.07) is 12.6. The van der Waals surface area contributed by atoms with Crippen LogP contribution in [0.5, 0.6) is 11.5 Å². The largest absolute Gasteiger partial charge is 0.497 e. The normalized spacial score (nSPS) is 10.5. The number of benzene rings is 1. The first-order chi connectivity index (χ1) is 12.2. The highest BCUT2D eigenvalue weighted by atomic mass is 16.5.